The summed E-state index contributed by atoms with van der Waals surface area (Å²) in [6.45, 7) is 2.55. The third kappa shape index (κ3) is 5.27. The van der Waals surface area contributed by atoms with Crippen LogP contribution in [0, 0.1) is 11.7 Å². The molecular formula is C19H22FN3O3S. The van der Waals surface area contributed by atoms with E-state index >= 15 is 0 Å². The number of nitrogens with one attached hydrogen (secondary N) is 3. The van der Waals surface area contributed by atoms with Crippen molar-refractivity contribution < 1.29 is 17.6 Å². The maximum absolute atomic E-state index is 12.9. The molecule has 1 aliphatic heterocycles. The molecule has 8 heteroatoms. The van der Waals surface area contributed by atoms with Crippen LogP contribution >= 0.6 is 0 Å². The molecule has 6 nitrogen and oxygen atoms in total. The molecule has 1 fully saturated rings. The molecule has 1 amide bonds. The molecule has 1 aliphatic rings. The summed E-state index contributed by atoms with van der Waals surface area (Å²) in [6, 6.07) is 10.7. The SMILES string of the molecule is O=C(NCC1CCCNC1)c1ccc(NS(=O)(=O)c2ccc(F)cc2)cc1. The zero-order chi connectivity index (χ0) is 19.3. The Labute approximate surface area is 158 Å². The van der Waals surface area contributed by atoms with Crippen LogP contribution in [0.5, 0.6) is 0 Å². The molecule has 1 unspecified atom stereocenters. The molecule has 0 radical (unpaired) electrons. The topological polar surface area (TPSA) is 87.3 Å². The molecular weight excluding hydrogens is 369 g/mol. The van der Waals surface area contributed by atoms with Gasteiger partial charge >= 0.3 is 0 Å². The maximum Gasteiger partial charge on any atom is 0.261 e. The van der Waals surface area contributed by atoms with Gasteiger partial charge in [0.2, 0.25) is 0 Å². The highest BCUT2D eigenvalue weighted by atomic mass is 32.2. The quantitative estimate of drug-likeness (QED) is 0.705. The van der Waals surface area contributed by atoms with E-state index in [1.165, 1.54) is 24.3 Å². The van der Waals surface area contributed by atoms with Crippen LogP contribution in [0.4, 0.5) is 10.1 Å². The zero-order valence-corrected chi connectivity index (χ0v) is 15.6. The maximum atomic E-state index is 12.9. The summed E-state index contributed by atoms with van der Waals surface area (Å²) in [5.74, 6) is -0.258. The van der Waals surface area contributed by atoms with Gasteiger partial charge in [-0.05, 0) is 80.4 Å². The van der Waals surface area contributed by atoms with Gasteiger partial charge in [-0.15, -0.1) is 0 Å². The summed E-state index contributed by atoms with van der Waals surface area (Å²) in [5, 5.41) is 6.22. The number of amides is 1. The second-order valence-corrected chi connectivity index (χ2v) is 8.24. The van der Waals surface area contributed by atoms with E-state index in [0.717, 1.165) is 38.1 Å². The number of anilines is 1. The molecule has 1 atom stereocenters. The van der Waals surface area contributed by atoms with E-state index in [2.05, 4.69) is 15.4 Å². The first-order chi connectivity index (χ1) is 12.9. The van der Waals surface area contributed by atoms with Crippen LogP contribution in [0.2, 0.25) is 0 Å². The molecule has 0 bridgehead atoms. The molecule has 1 heterocycles. The first-order valence-corrected chi connectivity index (χ1v) is 10.3. The Bertz CT molecular complexity index is 877. The largest absolute Gasteiger partial charge is 0.352 e. The Morgan fingerprint density at radius 3 is 2.44 bits per heavy atom. The first kappa shape index (κ1) is 19.3. The fourth-order valence-electron chi connectivity index (χ4n) is 2.95. The van der Waals surface area contributed by atoms with E-state index in [1.807, 2.05) is 0 Å². The lowest BCUT2D eigenvalue weighted by Crippen LogP contribution is -2.38. The molecule has 0 saturated carbocycles. The van der Waals surface area contributed by atoms with Gasteiger partial charge in [0.15, 0.2) is 0 Å². The highest BCUT2D eigenvalue weighted by Gasteiger charge is 2.16. The standard InChI is InChI=1S/C19H22FN3O3S/c20-16-5-9-18(10-6-16)27(25,26)23-17-7-3-15(4-8-17)19(24)22-13-14-2-1-11-21-12-14/h3-10,14,21,23H,1-2,11-13H2,(H,22,24). The summed E-state index contributed by atoms with van der Waals surface area (Å²) in [7, 11) is -3.81. The van der Waals surface area contributed by atoms with E-state index in [9.17, 15) is 17.6 Å². The van der Waals surface area contributed by atoms with Crippen molar-refractivity contribution in [2.75, 3.05) is 24.4 Å². The van der Waals surface area contributed by atoms with E-state index in [-0.39, 0.29) is 10.8 Å². The molecule has 27 heavy (non-hydrogen) atoms. The molecule has 0 aromatic heterocycles. The van der Waals surface area contributed by atoms with Crippen molar-refractivity contribution in [2.24, 2.45) is 5.92 Å². The average molecular weight is 391 g/mol. The lowest BCUT2D eigenvalue weighted by Gasteiger charge is -2.22. The Morgan fingerprint density at radius 2 is 1.81 bits per heavy atom. The molecule has 2 aromatic rings. The zero-order valence-electron chi connectivity index (χ0n) is 14.7. The Morgan fingerprint density at radius 1 is 1.11 bits per heavy atom. The van der Waals surface area contributed by atoms with Gasteiger partial charge in [-0.1, -0.05) is 0 Å². The lowest BCUT2D eigenvalue weighted by atomic mass is 9.99. The van der Waals surface area contributed by atoms with Gasteiger partial charge in [-0.2, -0.15) is 0 Å². The molecule has 0 spiro atoms. The van der Waals surface area contributed by atoms with Gasteiger partial charge in [0.05, 0.1) is 4.90 Å². The van der Waals surface area contributed by atoms with Crippen LogP contribution in [0.25, 0.3) is 0 Å². The van der Waals surface area contributed by atoms with Crippen LogP contribution in [-0.2, 0) is 10.0 Å². The summed E-state index contributed by atoms with van der Waals surface area (Å²) in [5.41, 5.74) is 0.788. The first-order valence-electron chi connectivity index (χ1n) is 8.81. The second kappa shape index (κ2) is 8.49. The summed E-state index contributed by atoms with van der Waals surface area (Å²) in [6.07, 6.45) is 2.21. The third-order valence-corrected chi connectivity index (χ3v) is 5.87. The Hall–Kier alpha value is -2.45. The Balaban J connectivity index is 1.59. The van der Waals surface area contributed by atoms with Gasteiger partial charge in [-0.25, -0.2) is 12.8 Å². The molecule has 3 rings (SSSR count). The fraction of sp³-hybridized carbons (Fsp3) is 0.316. The van der Waals surface area contributed by atoms with Crippen molar-refractivity contribution in [3.8, 4) is 0 Å². The monoisotopic (exact) mass is 391 g/mol. The van der Waals surface area contributed by atoms with E-state index in [0.29, 0.717) is 23.7 Å². The number of carbonyl (C=O) groups is 1. The lowest BCUT2D eigenvalue weighted by molar-refractivity contribution is 0.0945. The van der Waals surface area contributed by atoms with Crippen LogP contribution in [0.15, 0.2) is 53.4 Å². The van der Waals surface area contributed by atoms with Crippen molar-refractivity contribution in [2.45, 2.75) is 17.7 Å². The molecule has 144 valence electrons. The number of hydrogen-bond donors (Lipinski definition) is 3. The van der Waals surface area contributed by atoms with Crippen LogP contribution in [0.3, 0.4) is 0 Å². The number of carbonyl (C=O) groups excluding carboxylic acids is 1. The van der Waals surface area contributed by atoms with E-state index in [1.54, 1.807) is 12.1 Å². The average Bonchev–Trinajstić information content (AvgIpc) is 2.67. The number of piperidine rings is 1. The fourth-order valence-corrected chi connectivity index (χ4v) is 4.01. The van der Waals surface area contributed by atoms with Gasteiger partial charge in [0.1, 0.15) is 5.82 Å². The highest BCUT2D eigenvalue weighted by molar-refractivity contribution is 7.92. The molecule has 3 N–H and O–H groups in total. The summed E-state index contributed by atoms with van der Waals surface area (Å²) >= 11 is 0. The third-order valence-electron chi connectivity index (χ3n) is 4.47. The minimum atomic E-state index is -3.81. The van der Waals surface area contributed by atoms with Crippen molar-refractivity contribution in [1.82, 2.24) is 10.6 Å². The summed E-state index contributed by atoms with van der Waals surface area (Å²) in [4.78, 5) is 12.2. The van der Waals surface area contributed by atoms with Crippen molar-refractivity contribution in [3.63, 3.8) is 0 Å². The molecule has 1 saturated heterocycles. The predicted molar refractivity (Wildman–Crippen MR) is 102 cm³/mol. The Kier molecular flexibility index (Phi) is 6.08. The number of rotatable bonds is 6. The molecule has 0 aliphatic carbocycles. The van der Waals surface area contributed by atoms with Crippen molar-refractivity contribution >= 4 is 21.6 Å². The normalized spacial score (nSPS) is 17.3. The van der Waals surface area contributed by atoms with Gasteiger partial charge in [-0.3, -0.25) is 9.52 Å². The van der Waals surface area contributed by atoms with Crippen molar-refractivity contribution in [1.29, 1.82) is 0 Å². The molecule has 2 aromatic carbocycles. The van der Waals surface area contributed by atoms with Crippen LogP contribution in [-0.4, -0.2) is 34.0 Å². The predicted octanol–water partition coefficient (Wildman–Crippen LogP) is 2.36. The van der Waals surface area contributed by atoms with E-state index < -0.39 is 15.8 Å². The van der Waals surface area contributed by atoms with Crippen molar-refractivity contribution in [3.05, 3.63) is 59.9 Å². The van der Waals surface area contributed by atoms with Crippen LogP contribution < -0.4 is 15.4 Å². The highest BCUT2D eigenvalue weighted by Crippen LogP contribution is 2.17. The second-order valence-electron chi connectivity index (χ2n) is 6.56. The number of benzene rings is 2. The minimum absolute atomic E-state index is 0.0354. The minimum Gasteiger partial charge on any atom is -0.352 e. The number of halogens is 1. The summed E-state index contributed by atoms with van der Waals surface area (Å²) < 4.78 is 39.9. The van der Waals surface area contributed by atoms with E-state index in [4.69, 9.17) is 0 Å². The van der Waals surface area contributed by atoms with Gasteiger partial charge in [0, 0.05) is 17.8 Å². The van der Waals surface area contributed by atoms with Crippen LogP contribution in [0.1, 0.15) is 23.2 Å². The number of sulfonamides is 1. The smallest absolute Gasteiger partial charge is 0.261 e. The van der Waals surface area contributed by atoms with Gasteiger partial charge in [0.25, 0.3) is 15.9 Å². The number of hydrogen-bond acceptors (Lipinski definition) is 4. The van der Waals surface area contributed by atoms with Gasteiger partial charge < -0.3 is 10.6 Å².